The van der Waals surface area contributed by atoms with Crippen molar-refractivity contribution in [3.05, 3.63) is 46.8 Å². The smallest absolute Gasteiger partial charge is 0.317 e. The molecule has 0 spiro atoms. The van der Waals surface area contributed by atoms with Crippen molar-refractivity contribution in [3.63, 3.8) is 0 Å². The van der Waals surface area contributed by atoms with Crippen LogP contribution in [0.4, 0.5) is 25.1 Å². The van der Waals surface area contributed by atoms with Crippen LogP contribution in [-0.4, -0.2) is 63.8 Å². The Balaban J connectivity index is 1.46. The second kappa shape index (κ2) is 10.0. The van der Waals surface area contributed by atoms with Gasteiger partial charge in [0.15, 0.2) is 5.82 Å². The number of anilines is 2. The van der Waals surface area contributed by atoms with Crippen molar-refractivity contribution in [1.82, 2.24) is 29.8 Å². The Morgan fingerprint density at radius 3 is 2.68 bits per heavy atom. The van der Waals surface area contributed by atoms with Crippen LogP contribution in [0.15, 0.2) is 24.4 Å². The minimum atomic E-state index is -2.64. The number of aryl methyl sites for hydroxylation is 2. The van der Waals surface area contributed by atoms with E-state index in [-0.39, 0.29) is 17.6 Å². The SMILES string of the molecule is CNC(=O)N1CCc2c(c(N3CCCc4cc(-c5ccn(C)n5)c(C(F)F)cc43)nn2C2CCOCC2)C1. The van der Waals surface area contributed by atoms with Gasteiger partial charge in [-0.15, -0.1) is 0 Å². The number of aromatic nitrogens is 4. The highest BCUT2D eigenvalue weighted by Gasteiger charge is 2.34. The Hall–Kier alpha value is -3.47. The highest BCUT2D eigenvalue weighted by molar-refractivity contribution is 5.77. The summed E-state index contributed by atoms with van der Waals surface area (Å²) in [5.74, 6) is 0.770. The first kappa shape index (κ1) is 24.8. The van der Waals surface area contributed by atoms with E-state index in [1.54, 1.807) is 42.0 Å². The number of carbonyl (C=O) groups is 1. The molecule has 9 nitrogen and oxygen atoms in total. The molecule has 0 saturated carbocycles. The normalized spacial score (nSPS) is 18.0. The number of carbonyl (C=O) groups excluding carboxylic acids is 1. The summed E-state index contributed by atoms with van der Waals surface area (Å²) in [4.78, 5) is 16.4. The molecule has 3 aliphatic rings. The maximum atomic E-state index is 14.4. The number of fused-ring (bicyclic) bond motifs is 2. The summed E-state index contributed by atoms with van der Waals surface area (Å²) >= 11 is 0. The number of ether oxygens (including phenoxy) is 1. The third kappa shape index (κ3) is 4.32. The van der Waals surface area contributed by atoms with Crippen molar-refractivity contribution < 1.29 is 18.3 Å². The number of rotatable bonds is 4. The molecule has 0 radical (unpaired) electrons. The van der Waals surface area contributed by atoms with Crippen molar-refractivity contribution in [3.8, 4) is 11.3 Å². The van der Waals surface area contributed by atoms with E-state index in [1.165, 1.54) is 0 Å². The van der Waals surface area contributed by atoms with Crippen molar-refractivity contribution in [2.45, 2.75) is 51.1 Å². The second-order valence-electron chi connectivity index (χ2n) is 10.3. The van der Waals surface area contributed by atoms with Crippen LogP contribution >= 0.6 is 0 Å². The summed E-state index contributed by atoms with van der Waals surface area (Å²) in [6, 6.07) is 5.38. The molecule has 11 heteroatoms. The van der Waals surface area contributed by atoms with E-state index in [0.717, 1.165) is 54.0 Å². The predicted molar refractivity (Wildman–Crippen MR) is 139 cm³/mol. The summed E-state index contributed by atoms with van der Waals surface area (Å²) in [5.41, 5.74) is 4.91. The van der Waals surface area contributed by atoms with Gasteiger partial charge in [-0.25, -0.2) is 13.6 Å². The Morgan fingerprint density at radius 2 is 1.97 bits per heavy atom. The number of amides is 2. The summed E-state index contributed by atoms with van der Waals surface area (Å²) in [6.07, 6.45) is 3.26. The lowest BCUT2D eigenvalue weighted by Crippen LogP contribution is -2.42. The Bertz CT molecular complexity index is 1350. The van der Waals surface area contributed by atoms with Crippen LogP contribution in [-0.2, 0) is 31.2 Å². The first-order chi connectivity index (χ1) is 18.4. The van der Waals surface area contributed by atoms with Gasteiger partial charge in [-0.2, -0.15) is 10.2 Å². The lowest BCUT2D eigenvalue weighted by Gasteiger charge is -2.33. The first-order valence-electron chi connectivity index (χ1n) is 13.3. The van der Waals surface area contributed by atoms with Gasteiger partial charge in [-0.05, 0) is 49.4 Å². The molecule has 0 aliphatic carbocycles. The average molecular weight is 526 g/mol. The standard InChI is InChI=1S/C27H33F2N7O2/c1-30-27(37)34-11-6-23-21(16-34)26(32-36(23)18-7-12-38-13-8-18)35-9-3-4-17-14-19(22-5-10-33(2)31-22)20(25(28)29)15-24(17)35/h5,10,14-15,18,25H,3-4,6-9,11-13,16H2,1-2H3,(H,30,37). The maximum Gasteiger partial charge on any atom is 0.317 e. The first-order valence-corrected chi connectivity index (χ1v) is 13.3. The van der Waals surface area contributed by atoms with E-state index in [4.69, 9.17) is 9.84 Å². The molecule has 2 aromatic heterocycles. The number of hydrogen-bond donors (Lipinski definition) is 1. The highest BCUT2D eigenvalue weighted by atomic mass is 19.3. The fourth-order valence-electron chi connectivity index (χ4n) is 6.04. The molecule has 3 aliphatic heterocycles. The molecule has 5 heterocycles. The van der Waals surface area contributed by atoms with Gasteiger partial charge in [-0.3, -0.25) is 9.36 Å². The zero-order chi connectivity index (χ0) is 26.4. The summed E-state index contributed by atoms with van der Waals surface area (Å²) in [5, 5.41) is 12.3. The number of nitrogens with one attached hydrogen (secondary N) is 1. The number of nitrogens with zero attached hydrogens (tertiary/aromatic N) is 6. The van der Waals surface area contributed by atoms with Gasteiger partial charge < -0.3 is 19.9 Å². The largest absolute Gasteiger partial charge is 0.381 e. The fourth-order valence-corrected chi connectivity index (χ4v) is 6.04. The van der Waals surface area contributed by atoms with E-state index < -0.39 is 6.43 Å². The molecule has 202 valence electrons. The van der Waals surface area contributed by atoms with Gasteiger partial charge in [0.25, 0.3) is 6.43 Å². The fraction of sp³-hybridized carbons (Fsp3) is 0.519. The van der Waals surface area contributed by atoms with Crippen LogP contribution in [0.1, 0.15) is 54.1 Å². The number of alkyl halides is 2. The maximum absolute atomic E-state index is 14.4. The molecule has 2 amide bonds. The monoisotopic (exact) mass is 525 g/mol. The molecule has 38 heavy (non-hydrogen) atoms. The van der Waals surface area contributed by atoms with E-state index in [0.29, 0.717) is 50.5 Å². The van der Waals surface area contributed by atoms with E-state index >= 15 is 0 Å². The third-order valence-corrected chi connectivity index (χ3v) is 7.95. The highest BCUT2D eigenvalue weighted by Crippen LogP contribution is 2.43. The molecule has 1 N–H and O–H groups in total. The molecular formula is C27H33F2N7O2. The molecular weight excluding hydrogens is 492 g/mol. The minimum absolute atomic E-state index is 0.0286. The molecule has 6 rings (SSSR count). The summed E-state index contributed by atoms with van der Waals surface area (Å²) in [7, 11) is 3.42. The quantitative estimate of drug-likeness (QED) is 0.548. The lowest BCUT2D eigenvalue weighted by atomic mass is 9.93. The molecule has 0 bridgehead atoms. The van der Waals surface area contributed by atoms with Gasteiger partial charge in [0, 0.05) is 81.1 Å². The Morgan fingerprint density at radius 1 is 1.16 bits per heavy atom. The lowest BCUT2D eigenvalue weighted by molar-refractivity contribution is 0.0651. The predicted octanol–water partition coefficient (Wildman–Crippen LogP) is 4.35. The van der Waals surface area contributed by atoms with E-state index in [2.05, 4.69) is 20.0 Å². The molecule has 1 fully saturated rings. The molecule has 1 aromatic carbocycles. The van der Waals surface area contributed by atoms with Gasteiger partial charge >= 0.3 is 6.03 Å². The van der Waals surface area contributed by atoms with Crippen molar-refractivity contribution in [2.24, 2.45) is 7.05 Å². The summed E-state index contributed by atoms with van der Waals surface area (Å²) in [6.45, 7) is 3.11. The molecule has 0 unspecified atom stereocenters. The van der Waals surface area contributed by atoms with Gasteiger partial charge in [0.1, 0.15) is 0 Å². The molecule has 3 aromatic rings. The van der Waals surface area contributed by atoms with Crippen LogP contribution < -0.4 is 10.2 Å². The number of halogens is 2. The van der Waals surface area contributed by atoms with Crippen LogP contribution in [0, 0.1) is 0 Å². The van der Waals surface area contributed by atoms with E-state index in [1.807, 2.05) is 6.07 Å². The zero-order valence-electron chi connectivity index (χ0n) is 21.8. The third-order valence-electron chi connectivity index (χ3n) is 7.95. The Kier molecular flexibility index (Phi) is 6.55. The van der Waals surface area contributed by atoms with Gasteiger partial charge in [-0.1, -0.05) is 0 Å². The average Bonchev–Trinajstić information content (AvgIpc) is 3.55. The summed E-state index contributed by atoms with van der Waals surface area (Å²) < 4.78 is 38.1. The molecule has 0 atom stereocenters. The van der Waals surface area contributed by atoms with Crippen molar-refractivity contribution >= 4 is 17.5 Å². The Labute approximate surface area is 220 Å². The van der Waals surface area contributed by atoms with Crippen LogP contribution in [0.25, 0.3) is 11.3 Å². The van der Waals surface area contributed by atoms with Crippen molar-refractivity contribution in [1.29, 1.82) is 0 Å². The topological polar surface area (TPSA) is 80.5 Å². The minimum Gasteiger partial charge on any atom is -0.381 e. The number of hydrogen-bond acceptors (Lipinski definition) is 5. The van der Waals surface area contributed by atoms with Gasteiger partial charge in [0.2, 0.25) is 0 Å². The van der Waals surface area contributed by atoms with Crippen LogP contribution in [0.2, 0.25) is 0 Å². The van der Waals surface area contributed by atoms with Gasteiger partial charge in [0.05, 0.1) is 18.3 Å². The van der Waals surface area contributed by atoms with Crippen LogP contribution in [0.3, 0.4) is 0 Å². The molecule has 1 saturated heterocycles. The van der Waals surface area contributed by atoms with Crippen LogP contribution in [0.5, 0.6) is 0 Å². The van der Waals surface area contributed by atoms with Crippen molar-refractivity contribution in [2.75, 3.05) is 38.3 Å². The number of benzene rings is 1. The number of urea groups is 1. The van der Waals surface area contributed by atoms with E-state index in [9.17, 15) is 13.6 Å². The zero-order valence-corrected chi connectivity index (χ0v) is 21.8. The second-order valence-corrected chi connectivity index (χ2v) is 10.3.